The van der Waals surface area contributed by atoms with Crippen LogP contribution in [0.2, 0.25) is 5.02 Å². The van der Waals surface area contributed by atoms with Crippen LogP contribution in [0.1, 0.15) is 15.9 Å². The summed E-state index contributed by atoms with van der Waals surface area (Å²) in [6.45, 7) is 0. The van der Waals surface area contributed by atoms with Crippen LogP contribution in [0.5, 0.6) is 0 Å². The van der Waals surface area contributed by atoms with E-state index >= 15 is 0 Å². The predicted molar refractivity (Wildman–Crippen MR) is 124 cm³/mol. The molecule has 172 valence electrons. The average Bonchev–Trinajstić information content (AvgIpc) is 2.80. The minimum atomic E-state index is -4.35. The topological polar surface area (TPSA) is 104 Å². The molecule has 0 aliphatic rings. The van der Waals surface area contributed by atoms with Gasteiger partial charge in [0, 0.05) is 12.7 Å². The van der Waals surface area contributed by atoms with Gasteiger partial charge in [0.2, 0.25) is 15.9 Å². The van der Waals surface area contributed by atoms with E-state index in [0.29, 0.717) is 5.56 Å². The maximum Gasteiger partial charge on any atom is 0.252 e. The Labute approximate surface area is 196 Å². The molecule has 1 atom stereocenters. The van der Waals surface area contributed by atoms with Crippen molar-refractivity contribution < 1.29 is 22.4 Å². The first-order valence-electron chi connectivity index (χ1n) is 9.84. The SMILES string of the molecule is CNC(=O)c1cc(NC(=O)[C@H](Cc2ccccc2)NS(=O)(=O)c2ccccc2F)ccc1Cl. The lowest BCUT2D eigenvalue weighted by molar-refractivity contribution is -0.117. The summed E-state index contributed by atoms with van der Waals surface area (Å²) < 4.78 is 42.1. The van der Waals surface area contributed by atoms with Crippen molar-refractivity contribution in [3.8, 4) is 0 Å². The molecule has 0 saturated carbocycles. The molecule has 0 radical (unpaired) electrons. The first-order valence-corrected chi connectivity index (χ1v) is 11.7. The Morgan fingerprint density at radius 1 is 1.00 bits per heavy atom. The van der Waals surface area contributed by atoms with E-state index in [4.69, 9.17) is 11.6 Å². The van der Waals surface area contributed by atoms with Crippen molar-refractivity contribution in [3.05, 3.63) is 94.8 Å². The summed E-state index contributed by atoms with van der Waals surface area (Å²) in [5.41, 5.74) is 1.07. The quantitative estimate of drug-likeness (QED) is 0.451. The maximum atomic E-state index is 14.1. The average molecular weight is 490 g/mol. The normalized spacial score (nSPS) is 12.1. The minimum Gasteiger partial charge on any atom is -0.355 e. The molecule has 0 fully saturated rings. The first-order chi connectivity index (χ1) is 15.7. The van der Waals surface area contributed by atoms with Crippen molar-refractivity contribution in [2.45, 2.75) is 17.4 Å². The third kappa shape index (κ3) is 6.16. The number of halogens is 2. The number of amides is 2. The lowest BCUT2D eigenvalue weighted by Gasteiger charge is -2.19. The number of carbonyl (C=O) groups is 2. The number of nitrogens with one attached hydrogen (secondary N) is 3. The first kappa shape index (κ1) is 24.4. The molecule has 0 saturated heterocycles. The van der Waals surface area contributed by atoms with E-state index in [1.165, 1.54) is 37.4 Å². The Morgan fingerprint density at radius 2 is 1.67 bits per heavy atom. The third-order valence-electron chi connectivity index (χ3n) is 4.73. The summed E-state index contributed by atoms with van der Waals surface area (Å²) in [5.74, 6) is -2.07. The van der Waals surface area contributed by atoms with Crippen LogP contribution in [0.4, 0.5) is 10.1 Å². The number of anilines is 1. The van der Waals surface area contributed by atoms with Crippen LogP contribution in [-0.4, -0.2) is 33.3 Å². The van der Waals surface area contributed by atoms with Gasteiger partial charge >= 0.3 is 0 Å². The Bertz CT molecular complexity index is 1270. The van der Waals surface area contributed by atoms with Crippen molar-refractivity contribution in [2.75, 3.05) is 12.4 Å². The van der Waals surface area contributed by atoms with Gasteiger partial charge in [-0.2, -0.15) is 4.72 Å². The van der Waals surface area contributed by atoms with Gasteiger partial charge in [-0.25, -0.2) is 12.8 Å². The molecule has 0 bridgehead atoms. The lowest BCUT2D eigenvalue weighted by Crippen LogP contribution is -2.45. The van der Waals surface area contributed by atoms with Crippen LogP contribution < -0.4 is 15.4 Å². The zero-order valence-electron chi connectivity index (χ0n) is 17.5. The van der Waals surface area contributed by atoms with E-state index in [1.807, 2.05) is 0 Å². The summed E-state index contributed by atoms with van der Waals surface area (Å²) in [4.78, 5) is 24.5. The second kappa shape index (κ2) is 10.6. The summed E-state index contributed by atoms with van der Waals surface area (Å²) in [6, 6.07) is 16.7. The smallest absolute Gasteiger partial charge is 0.252 e. The number of carbonyl (C=O) groups excluding carboxylic acids is 2. The van der Waals surface area contributed by atoms with Crippen molar-refractivity contribution in [3.63, 3.8) is 0 Å². The van der Waals surface area contributed by atoms with Crippen LogP contribution in [0.25, 0.3) is 0 Å². The molecule has 0 unspecified atom stereocenters. The van der Waals surface area contributed by atoms with Crippen molar-refractivity contribution in [1.29, 1.82) is 0 Å². The monoisotopic (exact) mass is 489 g/mol. The highest BCUT2D eigenvalue weighted by Gasteiger charge is 2.28. The zero-order valence-corrected chi connectivity index (χ0v) is 19.1. The second-order valence-corrected chi connectivity index (χ2v) is 9.15. The Hall–Kier alpha value is -3.27. The summed E-state index contributed by atoms with van der Waals surface area (Å²) in [6.07, 6.45) is 0.0102. The molecule has 3 aromatic rings. The molecule has 10 heteroatoms. The van der Waals surface area contributed by atoms with Gasteiger partial charge in [-0.05, 0) is 42.3 Å². The van der Waals surface area contributed by atoms with Crippen LogP contribution in [-0.2, 0) is 21.2 Å². The molecule has 0 aliphatic heterocycles. The number of hydrogen-bond donors (Lipinski definition) is 3. The van der Waals surface area contributed by atoms with Gasteiger partial charge in [0.15, 0.2) is 0 Å². The van der Waals surface area contributed by atoms with Crippen molar-refractivity contribution in [1.82, 2.24) is 10.0 Å². The molecule has 2 amide bonds. The van der Waals surface area contributed by atoms with Gasteiger partial charge in [0.1, 0.15) is 16.8 Å². The molecule has 3 aromatic carbocycles. The van der Waals surface area contributed by atoms with E-state index in [0.717, 1.165) is 12.1 Å². The fraction of sp³-hybridized carbons (Fsp3) is 0.130. The molecule has 7 nitrogen and oxygen atoms in total. The van der Waals surface area contributed by atoms with Gasteiger partial charge in [0.05, 0.1) is 10.6 Å². The molecule has 0 aromatic heterocycles. The zero-order chi connectivity index (χ0) is 24.0. The van der Waals surface area contributed by atoms with Crippen LogP contribution in [0, 0.1) is 5.82 Å². The maximum absolute atomic E-state index is 14.1. The van der Waals surface area contributed by atoms with Gasteiger partial charge < -0.3 is 10.6 Å². The Balaban J connectivity index is 1.90. The lowest BCUT2D eigenvalue weighted by atomic mass is 10.1. The highest BCUT2D eigenvalue weighted by atomic mass is 35.5. The molecular formula is C23H21ClFN3O4S. The third-order valence-corrected chi connectivity index (χ3v) is 6.56. The minimum absolute atomic E-state index is 0.0102. The van der Waals surface area contributed by atoms with Crippen LogP contribution in [0.3, 0.4) is 0 Å². The number of rotatable bonds is 8. The molecule has 0 heterocycles. The highest BCUT2D eigenvalue weighted by Crippen LogP contribution is 2.21. The molecule has 0 spiro atoms. The van der Waals surface area contributed by atoms with Gasteiger partial charge in [-0.1, -0.05) is 54.1 Å². The highest BCUT2D eigenvalue weighted by molar-refractivity contribution is 7.89. The fourth-order valence-electron chi connectivity index (χ4n) is 3.09. The summed E-state index contributed by atoms with van der Waals surface area (Å²) >= 11 is 6.05. The second-order valence-electron chi connectivity index (χ2n) is 7.06. The van der Waals surface area contributed by atoms with Gasteiger partial charge in [0.25, 0.3) is 5.91 Å². The van der Waals surface area contributed by atoms with Crippen molar-refractivity contribution >= 4 is 39.1 Å². The summed E-state index contributed by atoms with van der Waals surface area (Å²) in [5, 5.41) is 5.24. The molecule has 3 N–H and O–H groups in total. The van der Waals surface area contributed by atoms with Crippen LogP contribution in [0.15, 0.2) is 77.7 Å². The Morgan fingerprint density at radius 3 is 2.33 bits per heavy atom. The Kier molecular flexibility index (Phi) is 7.80. The number of hydrogen-bond acceptors (Lipinski definition) is 4. The molecular weight excluding hydrogens is 469 g/mol. The standard InChI is InChI=1S/C23H21ClFN3O4S/c1-26-22(29)17-14-16(11-12-18(17)24)27-23(30)20(13-15-7-3-2-4-8-15)28-33(31,32)21-10-6-5-9-19(21)25/h2-12,14,20,28H,13H2,1H3,(H,26,29)(H,27,30)/t20-/m0/s1. The van der Waals surface area contributed by atoms with Crippen LogP contribution >= 0.6 is 11.6 Å². The van der Waals surface area contributed by atoms with Crippen molar-refractivity contribution in [2.24, 2.45) is 0 Å². The molecule has 3 rings (SSSR count). The van der Waals surface area contributed by atoms with E-state index in [2.05, 4.69) is 15.4 Å². The van der Waals surface area contributed by atoms with E-state index in [9.17, 15) is 22.4 Å². The predicted octanol–water partition coefficient (Wildman–Crippen LogP) is 3.37. The van der Waals surface area contributed by atoms with E-state index in [1.54, 1.807) is 30.3 Å². The van der Waals surface area contributed by atoms with E-state index in [-0.39, 0.29) is 22.7 Å². The number of sulfonamides is 1. The summed E-state index contributed by atoms with van der Waals surface area (Å²) in [7, 11) is -2.91. The van der Waals surface area contributed by atoms with E-state index < -0.39 is 38.6 Å². The molecule has 0 aliphatic carbocycles. The largest absolute Gasteiger partial charge is 0.355 e. The fourth-order valence-corrected chi connectivity index (χ4v) is 4.57. The number of benzene rings is 3. The van der Waals surface area contributed by atoms with Gasteiger partial charge in [-0.3, -0.25) is 9.59 Å². The van der Waals surface area contributed by atoms with Gasteiger partial charge in [-0.15, -0.1) is 0 Å². The molecule has 33 heavy (non-hydrogen) atoms.